The van der Waals surface area contributed by atoms with E-state index in [-0.39, 0.29) is 29.5 Å². The van der Waals surface area contributed by atoms with Crippen LogP contribution in [0.2, 0.25) is 0 Å². The first-order chi connectivity index (χ1) is 9.56. The predicted molar refractivity (Wildman–Crippen MR) is 101 cm³/mol. The van der Waals surface area contributed by atoms with Gasteiger partial charge < -0.3 is 15.8 Å². The van der Waals surface area contributed by atoms with Gasteiger partial charge in [-0.1, -0.05) is 26.2 Å². The van der Waals surface area contributed by atoms with Gasteiger partial charge in [-0.25, -0.2) is 0 Å². The van der Waals surface area contributed by atoms with Crippen LogP contribution in [-0.4, -0.2) is 55.8 Å². The van der Waals surface area contributed by atoms with Crippen LogP contribution < -0.4 is 11.1 Å². The Labute approximate surface area is 147 Å². The molecule has 21 heavy (non-hydrogen) atoms. The van der Waals surface area contributed by atoms with E-state index in [9.17, 15) is 0 Å². The van der Waals surface area contributed by atoms with Gasteiger partial charge in [0, 0.05) is 25.2 Å². The first-order valence-corrected chi connectivity index (χ1v) is 7.93. The smallest absolute Gasteiger partial charge is 0.188 e. The summed E-state index contributed by atoms with van der Waals surface area (Å²) in [6.45, 7) is 11.9. The molecule has 3 N–H and O–H groups in total. The molecular weight excluding hydrogens is 379 g/mol. The van der Waals surface area contributed by atoms with Crippen molar-refractivity contribution in [3.8, 4) is 0 Å². The molecule has 0 aromatic carbocycles. The van der Waals surface area contributed by atoms with Crippen LogP contribution in [0.15, 0.2) is 4.99 Å². The summed E-state index contributed by atoms with van der Waals surface area (Å²) in [5.41, 5.74) is 5.96. The van der Waals surface area contributed by atoms with Crippen LogP contribution in [-0.2, 0) is 4.74 Å². The third kappa shape index (κ3) is 8.83. The highest BCUT2D eigenvalue weighted by molar-refractivity contribution is 14.0. The fourth-order valence-corrected chi connectivity index (χ4v) is 2.37. The molecule has 1 fully saturated rings. The van der Waals surface area contributed by atoms with Gasteiger partial charge in [0.25, 0.3) is 0 Å². The second-order valence-electron chi connectivity index (χ2n) is 6.10. The van der Waals surface area contributed by atoms with Crippen molar-refractivity contribution in [2.75, 3.05) is 39.4 Å². The number of guanidine groups is 1. The maximum atomic E-state index is 5.92. The van der Waals surface area contributed by atoms with Gasteiger partial charge in [0.2, 0.25) is 0 Å². The number of halogens is 1. The van der Waals surface area contributed by atoms with E-state index in [1.807, 2.05) is 0 Å². The van der Waals surface area contributed by atoms with Crippen molar-refractivity contribution >= 4 is 29.9 Å². The lowest BCUT2D eigenvalue weighted by Gasteiger charge is -2.39. The highest BCUT2D eigenvalue weighted by atomic mass is 127. The molecule has 0 saturated carbocycles. The maximum Gasteiger partial charge on any atom is 0.188 e. The number of morpholine rings is 1. The van der Waals surface area contributed by atoms with E-state index in [4.69, 9.17) is 10.5 Å². The third-order valence-electron chi connectivity index (χ3n) is 3.84. The van der Waals surface area contributed by atoms with Gasteiger partial charge >= 0.3 is 0 Å². The minimum absolute atomic E-state index is 0. The molecule has 0 unspecified atom stereocenters. The minimum Gasteiger partial charge on any atom is -0.379 e. The summed E-state index contributed by atoms with van der Waals surface area (Å²) in [7, 11) is 0. The number of ether oxygens (including phenoxy) is 1. The number of rotatable bonds is 8. The van der Waals surface area contributed by atoms with E-state index >= 15 is 0 Å². The number of nitrogens with zero attached hydrogens (tertiary/aromatic N) is 2. The van der Waals surface area contributed by atoms with E-state index in [0.29, 0.717) is 5.96 Å². The zero-order chi connectivity index (χ0) is 14.8. The van der Waals surface area contributed by atoms with Crippen LogP contribution in [0.25, 0.3) is 0 Å². The fourth-order valence-electron chi connectivity index (χ4n) is 2.37. The molecule has 0 aromatic heterocycles. The molecule has 126 valence electrons. The van der Waals surface area contributed by atoms with Crippen LogP contribution in [0.3, 0.4) is 0 Å². The van der Waals surface area contributed by atoms with Crippen LogP contribution in [0, 0.1) is 0 Å². The van der Waals surface area contributed by atoms with Crippen LogP contribution in [0.4, 0.5) is 0 Å². The van der Waals surface area contributed by atoms with E-state index < -0.39 is 0 Å². The van der Waals surface area contributed by atoms with Gasteiger partial charge in [0.05, 0.1) is 19.8 Å². The number of hydrogen-bond acceptors (Lipinski definition) is 3. The molecule has 6 heteroatoms. The molecule has 0 amide bonds. The molecular formula is C15H33IN4O. The third-order valence-corrected chi connectivity index (χ3v) is 3.84. The molecule has 1 heterocycles. The van der Waals surface area contributed by atoms with E-state index in [0.717, 1.165) is 45.8 Å². The molecule has 0 radical (unpaired) electrons. The second-order valence-corrected chi connectivity index (χ2v) is 6.10. The Morgan fingerprint density at radius 2 is 1.90 bits per heavy atom. The van der Waals surface area contributed by atoms with E-state index in [2.05, 4.69) is 36.0 Å². The van der Waals surface area contributed by atoms with E-state index in [1.165, 1.54) is 19.3 Å². The van der Waals surface area contributed by atoms with Gasteiger partial charge in [-0.15, -0.1) is 24.0 Å². The van der Waals surface area contributed by atoms with Crippen LogP contribution >= 0.6 is 24.0 Å². The van der Waals surface area contributed by atoms with Crippen molar-refractivity contribution in [1.82, 2.24) is 10.2 Å². The molecule has 0 spiro atoms. The Hall–Kier alpha value is -0.0800. The zero-order valence-electron chi connectivity index (χ0n) is 13.9. The number of hydrogen-bond donors (Lipinski definition) is 2. The normalized spacial score (nSPS) is 17.4. The summed E-state index contributed by atoms with van der Waals surface area (Å²) in [4.78, 5) is 6.91. The van der Waals surface area contributed by atoms with Gasteiger partial charge in [-0.3, -0.25) is 9.89 Å². The van der Waals surface area contributed by atoms with Crippen LogP contribution in [0.5, 0.6) is 0 Å². The van der Waals surface area contributed by atoms with Gasteiger partial charge in [0.1, 0.15) is 0 Å². The summed E-state index contributed by atoms with van der Waals surface area (Å²) in [5, 5.41) is 3.20. The first kappa shape index (κ1) is 20.9. The average Bonchev–Trinajstić information content (AvgIpc) is 2.46. The average molecular weight is 412 g/mol. The monoisotopic (exact) mass is 412 g/mol. The number of nitrogens with one attached hydrogen (secondary N) is 1. The molecule has 0 bridgehead atoms. The Kier molecular flexibility index (Phi) is 11.4. The largest absolute Gasteiger partial charge is 0.379 e. The molecule has 1 rings (SSSR count). The molecule has 5 nitrogen and oxygen atoms in total. The minimum atomic E-state index is 0. The maximum absolute atomic E-state index is 5.92. The number of unbranched alkanes of at least 4 members (excludes halogenated alkanes) is 3. The number of nitrogens with two attached hydrogens (primary N) is 1. The molecule has 0 atom stereocenters. The lowest BCUT2D eigenvalue weighted by atomic mass is 10.0. The summed E-state index contributed by atoms with van der Waals surface area (Å²) < 4.78 is 5.39. The van der Waals surface area contributed by atoms with Gasteiger partial charge in [-0.05, 0) is 20.3 Å². The Bertz CT molecular complexity index is 291. The van der Waals surface area contributed by atoms with Gasteiger partial charge in [0.15, 0.2) is 5.96 Å². The van der Waals surface area contributed by atoms with Crippen molar-refractivity contribution in [3.05, 3.63) is 0 Å². The standard InChI is InChI=1S/C15H32N4O.HI/c1-4-5-6-7-8-17-14(16)18-13-15(2,3)19-9-11-20-12-10-19;/h4-13H2,1-3H3,(H3,16,17,18);1H. The molecule has 1 aliphatic heterocycles. The summed E-state index contributed by atoms with van der Waals surface area (Å²) in [6.07, 6.45) is 4.98. The highest BCUT2D eigenvalue weighted by Crippen LogP contribution is 2.16. The topological polar surface area (TPSA) is 62.9 Å². The Morgan fingerprint density at radius 3 is 2.52 bits per heavy atom. The van der Waals surface area contributed by atoms with Gasteiger partial charge in [-0.2, -0.15) is 0 Å². The Balaban J connectivity index is 0.00000400. The van der Waals surface area contributed by atoms with E-state index in [1.54, 1.807) is 0 Å². The van der Waals surface area contributed by atoms with Crippen molar-refractivity contribution in [2.24, 2.45) is 10.7 Å². The Morgan fingerprint density at radius 1 is 1.24 bits per heavy atom. The fraction of sp³-hybridized carbons (Fsp3) is 0.933. The quantitative estimate of drug-likeness (QED) is 0.278. The molecule has 1 saturated heterocycles. The molecule has 1 aliphatic rings. The number of aliphatic imine (C=N–C) groups is 1. The zero-order valence-corrected chi connectivity index (χ0v) is 16.2. The lowest BCUT2D eigenvalue weighted by molar-refractivity contribution is -0.00682. The summed E-state index contributed by atoms with van der Waals surface area (Å²) in [6, 6.07) is 0. The summed E-state index contributed by atoms with van der Waals surface area (Å²) in [5.74, 6) is 0.572. The SMILES string of the molecule is CCCCCCNC(N)=NCC(C)(C)N1CCOCC1.I. The second kappa shape index (κ2) is 11.5. The van der Waals surface area contributed by atoms with Crippen molar-refractivity contribution < 1.29 is 4.74 Å². The van der Waals surface area contributed by atoms with Crippen LogP contribution in [0.1, 0.15) is 46.5 Å². The van der Waals surface area contributed by atoms with Crippen molar-refractivity contribution in [2.45, 2.75) is 52.0 Å². The first-order valence-electron chi connectivity index (χ1n) is 7.93. The highest BCUT2D eigenvalue weighted by Gasteiger charge is 2.27. The predicted octanol–water partition coefficient (Wildman–Crippen LogP) is 2.20. The van der Waals surface area contributed by atoms with Crippen molar-refractivity contribution in [3.63, 3.8) is 0 Å². The molecule has 0 aliphatic carbocycles. The lowest BCUT2D eigenvalue weighted by Crippen LogP contribution is -2.52. The molecule has 0 aromatic rings. The van der Waals surface area contributed by atoms with Crippen molar-refractivity contribution in [1.29, 1.82) is 0 Å². The summed E-state index contributed by atoms with van der Waals surface area (Å²) >= 11 is 0.